The van der Waals surface area contributed by atoms with Crippen LogP contribution in [0.2, 0.25) is 0 Å². The highest BCUT2D eigenvalue weighted by Gasteiger charge is 2.14. The third kappa shape index (κ3) is 1.79. The average molecular weight is 255 g/mol. The molecular weight excluding hydrogens is 242 g/mol. The van der Waals surface area contributed by atoms with Crippen molar-refractivity contribution >= 4 is 11.2 Å². The van der Waals surface area contributed by atoms with Crippen LogP contribution in [-0.4, -0.2) is 26.8 Å². The fraction of sp³-hybridized carbons (Fsp3) is 0.143. The molecule has 0 saturated carbocycles. The van der Waals surface area contributed by atoms with E-state index in [9.17, 15) is 5.11 Å². The number of aryl methyl sites for hydroxylation is 1. The SMILES string of the molecule is COc1ccc(O)c(-c2nc3ncccc3n2C)c1. The molecule has 0 amide bonds. The molecule has 2 aromatic heterocycles. The molecule has 0 aliphatic carbocycles. The summed E-state index contributed by atoms with van der Waals surface area (Å²) in [6.45, 7) is 0. The van der Waals surface area contributed by atoms with Gasteiger partial charge in [0.05, 0.1) is 18.2 Å². The summed E-state index contributed by atoms with van der Waals surface area (Å²) in [6.07, 6.45) is 1.70. The summed E-state index contributed by atoms with van der Waals surface area (Å²) >= 11 is 0. The molecule has 1 N–H and O–H groups in total. The molecule has 1 aromatic carbocycles. The highest BCUT2D eigenvalue weighted by molar-refractivity contribution is 5.79. The molecule has 3 aromatic rings. The Morgan fingerprint density at radius 3 is 2.84 bits per heavy atom. The zero-order valence-electron chi connectivity index (χ0n) is 10.7. The topological polar surface area (TPSA) is 60.2 Å². The van der Waals surface area contributed by atoms with E-state index >= 15 is 0 Å². The predicted octanol–water partition coefficient (Wildman–Crippen LogP) is 2.35. The highest BCUT2D eigenvalue weighted by atomic mass is 16.5. The average Bonchev–Trinajstić information content (AvgIpc) is 2.77. The van der Waals surface area contributed by atoms with E-state index in [1.54, 1.807) is 31.5 Å². The molecule has 5 nitrogen and oxygen atoms in total. The Labute approximate surface area is 110 Å². The van der Waals surface area contributed by atoms with E-state index in [4.69, 9.17) is 4.74 Å². The number of hydrogen-bond donors (Lipinski definition) is 1. The maximum absolute atomic E-state index is 10.0. The fourth-order valence-electron chi connectivity index (χ4n) is 2.09. The van der Waals surface area contributed by atoms with E-state index in [0.717, 1.165) is 5.52 Å². The first-order valence-electron chi connectivity index (χ1n) is 5.85. The zero-order valence-corrected chi connectivity index (χ0v) is 10.7. The normalized spacial score (nSPS) is 10.8. The summed E-state index contributed by atoms with van der Waals surface area (Å²) < 4.78 is 7.08. The number of aromatic nitrogens is 3. The van der Waals surface area contributed by atoms with Crippen molar-refractivity contribution in [1.29, 1.82) is 0 Å². The fourth-order valence-corrected chi connectivity index (χ4v) is 2.09. The molecule has 0 bridgehead atoms. The Morgan fingerprint density at radius 1 is 1.26 bits per heavy atom. The molecular formula is C14H13N3O2. The van der Waals surface area contributed by atoms with Crippen LogP contribution in [0.15, 0.2) is 36.5 Å². The largest absolute Gasteiger partial charge is 0.507 e. The molecule has 0 fully saturated rings. The van der Waals surface area contributed by atoms with E-state index < -0.39 is 0 Å². The predicted molar refractivity (Wildman–Crippen MR) is 72.2 cm³/mol. The van der Waals surface area contributed by atoms with Crippen molar-refractivity contribution in [2.75, 3.05) is 7.11 Å². The zero-order chi connectivity index (χ0) is 13.4. The summed E-state index contributed by atoms with van der Waals surface area (Å²) in [4.78, 5) is 8.67. The Morgan fingerprint density at radius 2 is 2.11 bits per heavy atom. The molecule has 0 atom stereocenters. The van der Waals surface area contributed by atoms with Crippen molar-refractivity contribution in [3.8, 4) is 22.9 Å². The molecule has 0 radical (unpaired) electrons. The molecule has 96 valence electrons. The van der Waals surface area contributed by atoms with Gasteiger partial charge in [-0.05, 0) is 30.3 Å². The summed E-state index contributed by atoms with van der Waals surface area (Å²) in [5.74, 6) is 1.50. The smallest absolute Gasteiger partial charge is 0.178 e. The maximum Gasteiger partial charge on any atom is 0.178 e. The van der Waals surface area contributed by atoms with Gasteiger partial charge in [0.15, 0.2) is 5.65 Å². The number of ether oxygens (including phenoxy) is 1. The van der Waals surface area contributed by atoms with Gasteiger partial charge in [-0.2, -0.15) is 0 Å². The number of phenols is 1. The lowest BCUT2D eigenvalue weighted by molar-refractivity contribution is 0.412. The minimum Gasteiger partial charge on any atom is -0.507 e. The number of imidazole rings is 1. The lowest BCUT2D eigenvalue weighted by Crippen LogP contribution is -1.93. The van der Waals surface area contributed by atoms with E-state index in [2.05, 4.69) is 9.97 Å². The number of hydrogen-bond acceptors (Lipinski definition) is 4. The molecule has 0 aliphatic rings. The first-order chi connectivity index (χ1) is 9.20. The van der Waals surface area contributed by atoms with E-state index in [1.165, 1.54) is 0 Å². The summed E-state index contributed by atoms with van der Waals surface area (Å²) in [6, 6.07) is 8.87. The number of benzene rings is 1. The Bertz CT molecular complexity index is 750. The number of rotatable bonds is 2. The van der Waals surface area contributed by atoms with Crippen LogP contribution in [-0.2, 0) is 7.05 Å². The molecule has 3 rings (SSSR count). The molecule has 5 heteroatoms. The van der Waals surface area contributed by atoms with Crippen LogP contribution < -0.4 is 4.74 Å². The second kappa shape index (κ2) is 4.28. The monoisotopic (exact) mass is 255 g/mol. The van der Waals surface area contributed by atoms with Gasteiger partial charge in [-0.15, -0.1) is 0 Å². The lowest BCUT2D eigenvalue weighted by atomic mass is 10.2. The Balaban J connectivity index is 2.27. The Kier molecular flexibility index (Phi) is 2.59. The number of phenolic OH excluding ortho intramolecular Hbond substituents is 1. The number of fused-ring (bicyclic) bond motifs is 1. The van der Waals surface area contributed by atoms with Crippen LogP contribution in [0.5, 0.6) is 11.5 Å². The van der Waals surface area contributed by atoms with Gasteiger partial charge < -0.3 is 14.4 Å². The third-order valence-electron chi connectivity index (χ3n) is 3.10. The van der Waals surface area contributed by atoms with Gasteiger partial charge in [0.2, 0.25) is 0 Å². The molecule has 0 saturated heterocycles. The van der Waals surface area contributed by atoms with Crippen molar-refractivity contribution in [2.45, 2.75) is 0 Å². The second-order valence-corrected chi connectivity index (χ2v) is 4.22. The summed E-state index contributed by atoms with van der Waals surface area (Å²) in [5, 5.41) is 10.0. The van der Waals surface area contributed by atoms with Gasteiger partial charge in [-0.3, -0.25) is 0 Å². The van der Waals surface area contributed by atoms with Crippen molar-refractivity contribution in [3.63, 3.8) is 0 Å². The van der Waals surface area contributed by atoms with Crippen LogP contribution in [0.3, 0.4) is 0 Å². The Hall–Kier alpha value is -2.56. The van der Waals surface area contributed by atoms with Crippen LogP contribution in [0.4, 0.5) is 0 Å². The van der Waals surface area contributed by atoms with Crippen molar-refractivity contribution in [3.05, 3.63) is 36.5 Å². The van der Waals surface area contributed by atoms with Crippen LogP contribution in [0.1, 0.15) is 0 Å². The maximum atomic E-state index is 10.0. The molecule has 0 aliphatic heterocycles. The first kappa shape index (κ1) is 11.5. The number of pyridine rings is 1. The minimum atomic E-state index is 0.166. The summed E-state index contributed by atoms with van der Waals surface area (Å²) in [5.41, 5.74) is 2.20. The van der Waals surface area contributed by atoms with Gasteiger partial charge in [0.1, 0.15) is 17.3 Å². The van der Waals surface area contributed by atoms with E-state index in [0.29, 0.717) is 22.8 Å². The number of aromatic hydroxyl groups is 1. The van der Waals surface area contributed by atoms with Crippen LogP contribution >= 0.6 is 0 Å². The summed E-state index contributed by atoms with van der Waals surface area (Å²) in [7, 11) is 3.48. The molecule has 19 heavy (non-hydrogen) atoms. The quantitative estimate of drug-likeness (QED) is 0.763. The van der Waals surface area contributed by atoms with Crippen LogP contribution in [0, 0.1) is 0 Å². The van der Waals surface area contributed by atoms with Gasteiger partial charge in [-0.25, -0.2) is 9.97 Å². The third-order valence-corrected chi connectivity index (χ3v) is 3.10. The van der Waals surface area contributed by atoms with Crippen molar-refractivity contribution in [1.82, 2.24) is 14.5 Å². The standard InChI is InChI=1S/C14H13N3O2/c1-17-11-4-3-7-15-13(11)16-14(17)10-8-9(19-2)5-6-12(10)18/h3-8,18H,1-2H3. The number of methoxy groups -OCH3 is 1. The van der Waals surface area contributed by atoms with Gasteiger partial charge in [-0.1, -0.05) is 0 Å². The molecule has 0 spiro atoms. The van der Waals surface area contributed by atoms with Crippen LogP contribution in [0.25, 0.3) is 22.6 Å². The molecule has 0 unspecified atom stereocenters. The highest BCUT2D eigenvalue weighted by Crippen LogP contribution is 2.32. The van der Waals surface area contributed by atoms with E-state index in [-0.39, 0.29) is 5.75 Å². The minimum absolute atomic E-state index is 0.166. The first-order valence-corrected chi connectivity index (χ1v) is 5.85. The van der Waals surface area contributed by atoms with Gasteiger partial charge in [0, 0.05) is 13.2 Å². The number of nitrogens with zero attached hydrogens (tertiary/aromatic N) is 3. The second-order valence-electron chi connectivity index (χ2n) is 4.22. The lowest BCUT2D eigenvalue weighted by Gasteiger charge is -2.07. The van der Waals surface area contributed by atoms with Gasteiger partial charge in [0.25, 0.3) is 0 Å². The van der Waals surface area contributed by atoms with Crippen molar-refractivity contribution < 1.29 is 9.84 Å². The van der Waals surface area contributed by atoms with Crippen molar-refractivity contribution in [2.24, 2.45) is 7.05 Å². The van der Waals surface area contributed by atoms with E-state index in [1.807, 2.05) is 23.7 Å². The van der Waals surface area contributed by atoms with Gasteiger partial charge >= 0.3 is 0 Å². The molecule has 2 heterocycles.